The minimum Gasteiger partial charge on any atom is -0.383 e. The van der Waals surface area contributed by atoms with Gasteiger partial charge in [-0.1, -0.05) is 0 Å². The number of piperidine rings is 1. The van der Waals surface area contributed by atoms with Crippen LogP contribution in [0.25, 0.3) is 0 Å². The fourth-order valence-electron chi connectivity index (χ4n) is 3.74. The number of pyridine rings is 1. The fourth-order valence-corrected chi connectivity index (χ4v) is 3.74. The van der Waals surface area contributed by atoms with Gasteiger partial charge in [0.25, 0.3) is 5.91 Å². The van der Waals surface area contributed by atoms with E-state index >= 15 is 0 Å². The number of aromatic nitrogens is 1. The molecule has 2 unspecified atom stereocenters. The number of halogens is 1. The number of nitrogens with two attached hydrogens (primary N) is 1. The summed E-state index contributed by atoms with van der Waals surface area (Å²) in [6.07, 6.45) is 3.75. The monoisotopic (exact) mass is 409 g/mol. The number of carbonyl (C=O) groups excluding carboxylic acids is 1. The summed E-state index contributed by atoms with van der Waals surface area (Å²) < 4.78 is 10.7. The van der Waals surface area contributed by atoms with Crippen molar-refractivity contribution in [2.45, 2.75) is 37.5 Å². The van der Waals surface area contributed by atoms with Crippen LogP contribution in [0.4, 0.5) is 5.82 Å². The van der Waals surface area contributed by atoms with Crippen LogP contribution in [0.5, 0.6) is 0 Å². The number of methoxy groups -OCH3 is 1. The molecule has 2 saturated heterocycles. The van der Waals surface area contributed by atoms with Crippen LogP contribution in [-0.4, -0.2) is 73.9 Å². The highest BCUT2D eigenvalue weighted by atomic mass is 35.5. The predicted molar refractivity (Wildman–Crippen MR) is 107 cm³/mol. The van der Waals surface area contributed by atoms with Gasteiger partial charge in [-0.05, 0) is 25.0 Å². The summed E-state index contributed by atoms with van der Waals surface area (Å²) in [6, 6.07) is 5.79. The Hall–Kier alpha value is -1.92. The Balaban J connectivity index is 0.00000280. The summed E-state index contributed by atoms with van der Waals surface area (Å²) in [4.78, 5) is 21.2. The molecule has 154 valence electrons. The van der Waals surface area contributed by atoms with Crippen molar-refractivity contribution in [2.75, 3.05) is 44.9 Å². The van der Waals surface area contributed by atoms with E-state index in [4.69, 9.17) is 20.5 Å². The third kappa shape index (κ3) is 5.32. The second-order valence-corrected chi connectivity index (χ2v) is 7.09. The molecule has 3 heterocycles. The molecule has 2 fully saturated rings. The summed E-state index contributed by atoms with van der Waals surface area (Å²) in [5.74, 6) is 0.961. The molecule has 0 radical (unpaired) electrons. The van der Waals surface area contributed by atoms with Crippen molar-refractivity contribution in [1.29, 1.82) is 5.26 Å². The normalized spacial score (nSPS) is 21.3. The lowest BCUT2D eigenvalue weighted by Crippen LogP contribution is -2.47. The van der Waals surface area contributed by atoms with Crippen LogP contribution < -0.4 is 10.6 Å². The van der Waals surface area contributed by atoms with Crippen LogP contribution in [0, 0.1) is 11.3 Å². The predicted octanol–water partition coefficient (Wildman–Crippen LogP) is 0.935. The lowest BCUT2D eigenvalue weighted by molar-refractivity contribution is -0.139. The van der Waals surface area contributed by atoms with Gasteiger partial charge in [-0.25, -0.2) is 4.98 Å². The highest BCUT2D eigenvalue weighted by molar-refractivity contribution is 5.85. The van der Waals surface area contributed by atoms with E-state index in [9.17, 15) is 4.79 Å². The summed E-state index contributed by atoms with van der Waals surface area (Å²) >= 11 is 0. The van der Waals surface area contributed by atoms with E-state index in [1.165, 1.54) is 0 Å². The van der Waals surface area contributed by atoms with Gasteiger partial charge in [-0.15, -0.1) is 12.4 Å². The third-order valence-electron chi connectivity index (χ3n) is 5.19. The Morgan fingerprint density at radius 3 is 2.64 bits per heavy atom. The number of hydrogen-bond acceptors (Lipinski definition) is 7. The zero-order valence-corrected chi connectivity index (χ0v) is 16.9. The van der Waals surface area contributed by atoms with Crippen molar-refractivity contribution in [3.8, 4) is 6.07 Å². The van der Waals surface area contributed by atoms with Crippen molar-refractivity contribution in [2.24, 2.45) is 5.73 Å². The van der Waals surface area contributed by atoms with Crippen LogP contribution >= 0.6 is 12.4 Å². The highest BCUT2D eigenvalue weighted by Crippen LogP contribution is 2.26. The Morgan fingerprint density at radius 1 is 1.29 bits per heavy atom. The van der Waals surface area contributed by atoms with E-state index in [1.54, 1.807) is 19.4 Å². The maximum absolute atomic E-state index is 12.7. The van der Waals surface area contributed by atoms with Gasteiger partial charge in [-0.2, -0.15) is 5.26 Å². The molecule has 2 aliphatic rings. The molecule has 0 aromatic carbocycles. The van der Waals surface area contributed by atoms with Crippen molar-refractivity contribution in [3.63, 3.8) is 0 Å². The van der Waals surface area contributed by atoms with Crippen molar-refractivity contribution in [3.05, 3.63) is 23.9 Å². The molecule has 8 nitrogen and oxygen atoms in total. The van der Waals surface area contributed by atoms with E-state index in [-0.39, 0.29) is 36.5 Å². The maximum atomic E-state index is 12.7. The Bertz CT molecular complexity index is 673. The minimum absolute atomic E-state index is 0. The molecule has 9 heteroatoms. The molecule has 0 bridgehead atoms. The largest absolute Gasteiger partial charge is 0.383 e. The molecule has 2 aliphatic heterocycles. The zero-order valence-electron chi connectivity index (χ0n) is 16.1. The third-order valence-corrected chi connectivity index (χ3v) is 5.19. The Morgan fingerprint density at radius 2 is 2.04 bits per heavy atom. The van der Waals surface area contributed by atoms with Gasteiger partial charge in [0.15, 0.2) is 0 Å². The van der Waals surface area contributed by atoms with Gasteiger partial charge < -0.3 is 25.0 Å². The Labute approximate surface area is 172 Å². The van der Waals surface area contributed by atoms with E-state index in [2.05, 4.69) is 16.0 Å². The first-order chi connectivity index (χ1) is 13.1. The molecule has 0 aliphatic carbocycles. The summed E-state index contributed by atoms with van der Waals surface area (Å²) in [5, 5.41) is 8.87. The topological polar surface area (TPSA) is 105 Å². The number of likely N-dealkylation sites (tertiary alicyclic amines) is 1. The number of anilines is 1. The molecule has 28 heavy (non-hydrogen) atoms. The second kappa shape index (κ2) is 10.6. The number of ether oxygens (including phenoxy) is 2. The number of nitriles is 1. The minimum atomic E-state index is -0.383. The smallest absolute Gasteiger partial charge is 0.252 e. The molecular formula is C19H28ClN5O3. The fraction of sp³-hybridized carbons (Fsp3) is 0.632. The van der Waals surface area contributed by atoms with Gasteiger partial charge in [0.2, 0.25) is 0 Å². The van der Waals surface area contributed by atoms with Gasteiger partial charge in [-0.3, -0.25) is 4.79 Å². The number of amides is 1. The first-order valence-corrected chi connectivity index (χ1v) is 9.40. The van der Waals surface area contributed by atoms with Crippen LogP contribution in [-0.2, 0) is 14.3 Å². The molecule has 0 saturated carbocycles. The van der Waals surface area contributed by atoms with Crippen molar-refractivity contribution in [1.82, 2.24) is 9.88 Å². The van der Waals surface area contributed by atoms with Crippen LogP contribution in [0.1, 0.15) is 24.8 Å². The molecule has 1 aromatic heterocycles. The second-order valence-electron chi connectivity index (χ2n) is 7.09. The molecule has 1 aromatic rings. The number of hydrogen-bond donors (Lipinski definition) is 1. The lowest BCUT2D eigenvalue weighted by Gasteiger charge is -2.37. The van der Waals surface area contributed by atoms with Crippen LogP contribution in [0.15, 0.2) is 18.3 Å². The summed E-state index contributed by atoms with van der Waals surface area (Å²) in [6.45, 7) is 3.19. The average molecular weight is 410 g/mol. The van der Waals surface area contributed by atoms with Crippen molar-refractivity contribution < 1.29 is 14.3 Å². The van der Waals surface area contributed by atoms with Gasteiger partial charge in [0.05, 0.1) is 24.8 Å². The quantitative estimate of drug-likeness (QED) is 0.714. The average Bonchev–Trinajstić information content (AvgIpc) is 3.07. The highest BCUT2D eigenvalue weighted by Gasteiger charge is 2.38. The number of nitrogens with zero attached hydrogens (tertiary/aromatic N) is 4. The maximum Gasteiger partial charge on any atom is 0.252 e. The zero-order chi connectivity index (χ0) is 19.2. The van der Waals surface area contributed by atoms with E-state index in [1.807, 2.05) is 11.0 Å². The van der Waals surface area contributed by atoms with Crippen molar-refractivity contribution >= 4 is 24.1 Å². The molecule has 3 rings (SSSR count). The number of rotatable bonds is 7. The first-order valence-electron chi connectivity index (χ1n) is 9.40. The van der Waals surface area contributed by atoms with E-state index in [0.717, 1.165) is 44.7 Å². The first kappa shape index (κ1) is 22.4. The standard InChI is InChI=1S/C19H27N5O3.ClH/c1-26-12-15(21)13-27-17-6-9-24(19(17)25)16-4-7-23(8-5-16)18-3-2-14(10-20)11-22-18;/h2-3,11,15-17H,4-9,12-13,21H2,1H3;1H. The Kier molecular flexibility index (Phi) is 8.45. The number of carbonyl (C=O) groups is 1. The van der Waals surface area contributed by atoms with Crippen LogP contribution in [0.2, 0.25) is 0 Å². The molecule has 1 amide bonds. The molecule has 0 spiro atoms. The summed E-state index contributed by atoms with van der Waals surface area (Å²) in [5.41, 5.74) is 6.43. The molecular weight excluding hydrogens is 382 g/mol. The summed E-state index contributed by atoms with van der Waals surface area (Å²) in [7, 11) is 1.60. The lowest BCUT2D eigenvalue weighted by atomic mass is 10.0. The van der Waals surface area contributed by atoms with Gasteiger partial charge >= 0.3 is 0 Å². The molecule has 2 N–H and O–H groups in total. The van der Waals surface area contributed by atoms with Gasteiger partial charge in [0, 0.05) is 45.4 Å². The van der Waals surface area contributed by atoms with E-state index in [0.29, 0.717) is 18.8 Å². The SMILES string of the molecule is COCC(N)COC1CCN(C2CCN(c3ccc(C#N)cn3)CC2)C1=O.Cl. The molecule has 2 atom stereocenters. The van der Waals surface area contributed by atoms with Crippen LogP contribution in [0.3, 0.4) is 0 Å². The van der Waals surface area contributed by atoms with Gasteiger partial charge in [0.1, 0.15) is 18.0 Å². The van der Waals surface area contributed by atoms with E-state index < -0.39 is 0 Å².